The van der Waals surface area contributed by atoms with Crippen molar-refractivity contribution in [3.05, 3.63) is 243 Å². The molecule has 0 atom stereocenters. The summed E-state index contributed by atoms with van der Waals surface area (Å²) in [7, 11) is -17.0. The van der Waals surface area contributed by atoms with Crippen LogP contribution in [0.3, 0.4) is 0 Å². The van der Waals surface area contributed by atoms with Crippen molar-refractivity contribution < 1.29 is 28.5 Å². The first-order valence-electron chi connectivity index (χ1n) is 21.9. The van der Waals surface area contributed by atoms with E-state index in [0.717, 1.165) is 0 Å². The molecule has 0 aliphatic carbocycles. The van der Waals surface area contributed by atoms with Gasteiger partial charge in [0.25, 0.3) is 0 Å². The first kappa shape index (κ1) is 46.1. The van der Waals surface area contributed by atoms with Gasteiger partial charge in [-0.05, 0) is 25.7 Å². The van der Waals surface area contributed by atoms with Crippen LogP contribution in [0.5, 0.6) is 0 Å². The van der Waals surface area contributed by atoms with E-state index in [1.54, 1.807) is 194 Å². The standard InChI is InChI=1S/C55H52O6P4/c56-54(62(58,46-28-10-1-11-29-46)47-30-12-2-13-31-47,63(59,48-32-14-3-15-33-48)49-34-16-4-17-35-49)44-26-9-27-45-55(57,64(60,50-36-18-5-19-37-50)51-38-20-6-21-39-51)65(61,52-40-22-7-23-41-52)53-42-24-8-25-43-53/h1-8,10-25,28-43,56-57H,9,26-27,44-45H2. The molecule has 0 bridgehead atoms. The first-order valence-corrected chi connectivity index (χ1v) is 28.7. The summed E-state index contributed by atoms with van der Waals surface area (Å²) in [6.45, 7) is 0. The Morgan fingerprint density at radius 2 is 0.385 bits per heavy atom. The molecule has 8 aromatic rings. The van der Waals surface area contributed by atoms with Gasteiger partial charge < -0.3 is 28.5 Å². The molecule has 6 nitrogen and oxygen atoms in total. The summed E-state index contributed by atoms with van der Waals surface area (Å²) >= 11 is 0. The van der Waals surface area contributed by atoms with Crippen LogP contribution in [0.25, 0.3) is 0 Å². The second kappa shape index (κ2) is 19.6. The van der Waals surface area contributed by atoms with Crippen LogP contribution >= 0.6 is 28.6 Å². The van der Waals surface area contributed by atoms with Crippen LogP contribution in [0.2, 0.25) is 0 Å². The molecule has 0 spiro atoms. The van der Waals surface area contributed by atoms with Crippen LogP contribution in [0.15, 0.2) is 243 Å². The molecule has 0 radical (unpaired) electrons. The van der Waals surface area contributed by atoms with Gasteiger partial charge in [-0.3, -0.25) is 0 Å². The zero-order valence-electron chi connectivity index (χ0n) is 35.9. The predicted octanol–water partition coefficient (Wildman–Crippen LogP) is 10.3. The van der Waals surface area contributed by atoms with Crippen molar-refractivity contribution in [1.29, 1.82) is 0 Å². The minimum atomic E-state index is -4.24. The lowest BCUT2D eigenvalue weighted by Crippen LogP contribution is -2.44. The van der Waals surface area contributed by atoms with Gasteiger partial charge in [0.2, 0.25) is 0 Å². The minimum absolute atomic E-state index is 0.169. The van der Waals surface area contributed by atoms with Crippen molar-refractivity contribution >= 4 is 71.0 Å². The summed E-state index contributed by atoms with van der Waals surface area (Å²) in [6.07, 6.45) is 0.351. The maximum atomic E-state index is 16.6. The average Bonchev–Trinajstić information content (AvgIpc) is 3.39. The van der Waals surface area contributed by atoms with Crippen LogP contribution in [-0.4, -0.2) is 20.4 Å². The molecule has 0 saturated carbocycles. The van der Waals surface area contributed by atoms with Crippen LogP contribution in [0.4, 0.5) is 0 Å². The molecule has 0 aliphatic heterocycles. The summed E-state index contributed by atoms with van der Waals surface area (Å²) in [5.41, 5.74) is 0. The van der Waals surface area contributed by atoms with E-state index in [1.165, 1.54) is 0 Å². The van der Waals surface area contributed by atoms with Gasteiger partial charge in [0.1, 0.15) is 0 Å². The molecule has 0 aliphatic rings. The highest BCUT2D eigenvalue weighted by Crippen LogP contribution is 2.76. The zero-order valence-corrected chi connectivity index (χ0v) is 39.5. The van der Waals surface area contributed by atoms with E-state index in [2.05, 4.69) is 0 Å². The Morgan fingerprint density at radius 1 is 0.246 bits per heavy atom. The second-order valence-corrected chi connectivity index (χ2v) is 28.9. The molecule has 8 aromatic carbocycles. The lowest BCUT2D eigenvalue weighted by molar-refractivity contribution is 0.181. The molecule has 0 amide bonds. The second-order valence-electron chi connectivity index (χ2n) is 16.2. The maximum Gasteiger partial charge on any atom is 0.185 e. The van der Waals surface area contributed by atoms with E-state index in [-0.39, 0.29) is 25.7 Å². The number of unbranched alkanes of at least 4 members (excludes halogenated alkanes) is 2. The smallest absolute Gasteiger partial charge is 0.185 e. The fraction of sp³-hybridized carbons (Fsp3) is 0.127. The Labute approximate surface area is 382 Å². The fourth-order valence-electron chi connectivity index (χ4n) is 9.28. The van der Waals surface area contributed by atoms with Crippen molar-refractivity contribution in [3.8, 4) is 0 Å². The van der Waals surface area contributed by atoms with Crippen LogP contribution in [-0.2, 0) is 18.3 Å². The molecule has 10 heteroatoms. The minimum Gasteiger partial charge on any atom is -0.374 e. The fourth-order valence-corrected chi connectivity index (χ4v) is 26.4. The maximum absolute atomic E-state index is 16.6. The van der Waals surface area contributed by atoms with E-state index in [0.29, 0.717) is 48.9 Å². The third-order valence-electron chi connectivity index (χ3n) is 12.5. The Morgan fingerprint density at radius 3 is 0.523 bits per heavy atom. The molecule has 328 valence electrons. The summed E-state index contributed by atoms with van der Waals surface area (Å²) in [4.78, 5) is 0. The van der Waals surface area contributed by atoms with E-state index in [9.17, 15) is 10.2 Å². The van der Waals surface area contributed by atoms with Gasteiger partial charge in [-0.15, -0.1) is 0 Å². The lowest BCUT2D eigenvalue weighted by Gasteiger charge is -2.44. The van der Waals surface area contributed by atoms with Gasteiger partial charge in [-0.1, -0.05) is 249 Å². The number of hydrogen-bond acceptors (Lipinski definition) is 6. The summed E-state index contributed by atoms with van der Waals surface area (Å²) < 4.78 is 66.4. The quantitative estimate of drug-likeness (QED) is 0.0655. The molecule has 0 fully saturated rings. The largest absolute Gasteiger partial charge is 0.374 e. The normalized spacial score (nSPS) is 12.7. The lowest BCUT2D eigenvalue weighted by atomic mass is 10.1. The Kier molecular flexibility index (Phi) is 13.9. The molecule has 0 heterocycles. The van der Waals surface area contributed by atoms with Gasteiger partial charge in [-0.2, -0.15) is 0 Å². The highest BCUT2D eigenvalue weighted by Gasteiger charge is 2.63. The number of aliphatic hydroxyl groups is 2. The van der Waals surface area contributed by atoms with Gasteiger partial charge >= 0.3 is 0 Å². The Balaban J connectivity index is 1.27. The zero-order chi connectivity index (χ0) is 45.4. The van der Waals surface area contributed by atoms with Crippen molar-refractivity contribution in [2.45, 2.75) is 42.3 Å². The van der Waals surface area contributed by atoms with Gasteiger partial charge in [-0.25, -0.2) is 0 Å². The van der Waals surface area contributed by atoms with Crippen LogP contribution in [0, 0.1) is 0 Å². The summed E-state index contributed by atoms with van der Waals surface area (Å²) in [5, 5.41) is 26.1. The highest BCUT2D eigenvalue weighted by molar-refractivity contribution is 7.96. The van der Waals surface area contributed by atoms with Crippen molar-refractivity contribution in [2.75, 3.05) is 0 Å². The molecule has 0 unspecified atom stereocenters. The van der Waals surface area contributed by atoms with Crippen LogP contribution in [0.1, 0.15) is 32.1 Å². The average molecular weight is 933 g/mol. The number of rotatable bonds is 18. The van der Waals surface area contributed by atoms with Crippen molar-refractivity contribution in [3.63, 3.8) is 0 Å². The monoisotopic (exact) mass is 932 g/mol. The SMILES string of the molecule is O=P(c1ccccc1)(c1ccccc1)C(O)(CCCCCC(O)(P(=O)(c1ccccc1)c1ccccc1)P(=O)(c1ccccc1)c1ccccc1)P(=O)(c1ccccc1)c1ccccc1. The van der Waals surface area contributed by atoms with Crippen LogP contribution < -0.4 is 42.4 Å². The first-order chi connectivity index (χ1) is 31.5. The van der Waals surface area contributed by atoms with Gasteiger partial charge in [0.15, 0.2) is 38.7 Å². The molecule has 8 rings (SSSR count). The van der Waals surface area contributed by atoms with Crippen molar-refractivity contribution in [2.24, 2.45) is 0 Å². The molecular formula is C55H52O6P4. The molecule has 2 N–H and O–H groups in total. The highest BCUT2D eigenvalue weighted by atomic mass is 31.2. The molecular weight excluding hydrogens is 880 g/mol. The summed E-state index contributed by atoms with van der Waals surface area (Å²) in [6, 6.07) is 70.7. The van der Waals surface area contributed by atoms with E-state index in [1.807, 2.05) is 48.5 Å². The Bertz CT molecular complexity index is 2400. The molecule has 0 aromatic heterocycles. The predicted molar refractivity (Wildman–Crippen MR) is 272 cm³/mol. The topological polar surface area (TPSA) is 109 Å². The molecule has 65 heavy (non-hydrogen) atoms. The van der Waals surface area contributed by atoms with Crippen molar-refractivity contribution in [1.82, 2.24) is 0 Å². The van der Waals surface area contributed by atoms with Gasteiger partial charge in [0.05, 0.1) is 0 Å². The van der Waals surface area contributed by atoms with E-state index in [4.69, 9.17) is 0 Å². The molecule has 0 saturated heterocycles. The number of benzene rings is 8. The third kappa shape index (κ3) is 8.06. The number of hydrogen-bond donors (Lipinski definition) is 2. The summed E-state index contributed by atoms with van der Waals surface area (Å²) in [5.74, 6) is 0. The van der Waals surface area contributed by atoms with Gasteiger partial charge in [0, 0.05) is 42.4 Å². The van der Waals surface area contributed by atoms with E-state index < -0.39 is 38.7 Å². The third-order valence-corrected chi connectivity index (χ3v) is 29.0. The van der Waals surface area contributed by atoms with E-state index >= 15 is 18.3 Å². The Hall–Kier alpha value is -5.40.